The number of nitrogens with one attached hydrogen (secondary N) is 1. The van der Waals surface area contributed by atoms with E-state index >= 15 is 0 Å². The first-order valence-corrected chi connectivity index (χ1v) is 8.91. The average Bonchev–Trinajstić information content (AvgIpc) is 2.38. The zero-order valence-electron chi connectivity index (χ0n) is 14.5. The third-order valence-electron chi connectivity index (χ3n) is 3.11. The second kappa shape index (κ2) is 8.90. The summed E-state index contributed by atoms with van der Waals surface area (Å²) in [7, 11) is 0. The Balaban J connectivity index is 2.48. The number of hydrogen-bond donors (Lipinski definition) is 1. The van der Waals surface area contributed by atoms with Crippen molar-refractivity contribution >= 4 is 33.6 Å². The number of ether oxygens (including phenoxy) is 1. The highest BCUT2D eigenvalue weighted by molar-refractivity contribution is 9.10. The Hall–Kier alpha value is -0.780. The van der Waals surface area contributed by atoms with Crippen molar-refractivity contribution in [2.24, 2.45) is 0 Å². The standard InChI is InChI=1S/C17H26BrClN2O2/c1-12(2)21(16(22)23-17(3,4)5)9-8-20-11-13-6-7-14(19)10-15(13)18/h6-7,10,12,20H,8-9,11H2,1-5H3. The highest BCUT2D eigenvalue weighted by atomic mass is 79.9. The summed E-state index contributed by atoms with van der Waals surface area (Å²) in [5.74, 6) is 0. The summed E-state index contributed by atoms with van der Waals surface area (Å²) in [4.78, 5) is 13.9. The Morgan fingerprint density at radius 1 is 1.39 bits per heavy atom. The van der Waals surface area contributed by atoms with Gasteiger partial charge in [0, 0.05) is 35.2 Å². The Labute approximate surface area is 152 Å². The summed E-state index contributed by atoms with van der Waals surface area (Å²) in [6.07, 6.45) is -0.276. The lowest BCUT2D eigenvalue weighted by molar-refractivity contribution is 0.0193. The van der Waals surface area contributed by atoms with Gasteiger partial charge >= 0.3 is 6.09 Å². The maximum atomic E-state index is 12.2. The summed E-state index contributed by atoms with van der Waals surface area (Å²) in [5.41, 5.74) is 0.647. The summed E-state index contributed by atoms with van der Waals surface area (Å²) in [6, 6.07) is 5.81. The van der Waals surface area contributed by atoms with Gasteiger partial charge in [-0.3, -0.25) is 0 Å². The molecule has 1 amide bonds. The van der Waals surface area contributed by atoms with Crippen LogP contribution < -0.4 is 5.32 Å². The normalized spacial score (nSPS) is 11.7. The lowest BCUT2D eigenvalue weighted by atomic mass is 10.2. The molecule has 0 unspecified atom stereocenters. The van der Waals surface area contributed by atoms with Crippen molar-refractivity contribution in [3.05, 3.63) is 33.3 Å². The van der Waals surface area contributed by atoms with Crippen LogP contribution in [-0.2, 0) is 11.3 Å². The third kappa shape index (κ3) is 7.55. The molecule has 1 aromatic rings. The number of amides is 1. The molecule has 1 aromatic carbocycles. The van der Waals surface area contributed by atoms with Crippen LogP contribution in [0.5, 0.6) is 0 Å². The molecule has 0 aliphatic rings. The van der Waals surface area contributed by atoms with Gasteiger partial charge in [-0.15, -0.1) is 0 Å². The number of carbonyl (C=O) groups excluding carboxylic acids is 1. The maximum Gasteiger partial charge on any atom is 0.410 e. The van der Waals surface area contributed by atoms with Crippen LogP contribution in [0.4, 0.5) is 4.79 Å². The largest absolute Gasteiger partial charge is 0.444 e. The van der Waals surface area contributed by atoms with Gasteiger partial charge in [-0.05, 0) is 52.3 Å². The molecule has 0 bridgehead atoms. The van der Waals surface area contributed by atoms with Gasteiger partial charge < -0.3 is 15.0 Å². The predicted molar refractivity (Wildman–Crippen MR) is 98.9 cm³/mol. The van der Waals surface area contributed by atoms with E-state index in [4.69, 9.17) is 16.3 Å². The number of benzene rings is 1. The van der Waals surface area contributed by atoms with Gasteiger partial charge in [0.25, 0.3) is 0 Å². The minimum Gasteiger partial charge on any atom is -0.444 e. The van der Waals surface area contributed by atoms with Crippen LogP contribution in [-0.4, -0.2) is 35.7 Å². The first-order chi connectivity index (χ1) is 10.6. The molecule has 1 rings (SSSR count). The summed E-state index contributed by atoms with van der Waals surface area (Å²) >= 11 is 9.43. The van der Waals surface area contributed by atoms with Crippen molar-refractivity contribution in [1.29, 1.82) is 0 Å². The van der Waals surface area contributed by atoms with Crippen molar-refractivity contribution in [2.75, 3.05) is 13.1 Å². The fourth-order valence-corrected chi connectivity index (χ4v) is 2.79. The monoisotopic (exact) mass is 404 g/mol. The minimum atomic E-state index is -0.480. The third-order valence-corrected chi connectivity index (χ3v) is 4.08. The van der Waals surface area contributed by atoms with Gasteiger partial charge in [-0.25, -0.2) is 4.79 Å². The van der Waals surface area contributed by atoms with Crippen LogP contribution in [0.3, 0.4) is 0 Å². The SMILES string of the molecule is CC(C)N(CCNCc1ccc(Cl)cc1Br)C(=O)OC(C)(C)C. The van der Waals surface area contributed by atoms with E-state index in [1.165, 1.54) is 0 Å². The Morgan fingerprint density at radius 2 is 2.04 bits per heavy atom. The average molecular weight is 406 g/mol. The molecular formula is C17H26BrClN2O2. The van der Waals surface area contributed by atoms with E-state index < -0.39 is 5.60 Å². The molecule has 0 radical (unpaired) electrons. The molecule has 1 N–H and O–H groups in total. The van der Waals surface area contributed by atoms with Gasteiger partial charge in [-0.2, -0.15) is 0 Å². The fourth-order valence-electron chi connectivity index (χ4n) is 1.97. The van der Waals surface area contributed by atoms with Crippen molar-refractivity contribution < 1.29 is 9.53 Å². The van der Waals surface area contributed by atoms with E-state index in [1.807, 2.05) is 52.8 Å². The van der Waals surface area contributed by atoms with Crippen molar-refractivity contribution in [1.82, 2.24) is 10.2 Å². The van der Waals surface area contributed by atoms with Gasteiger partial charge in [-0.1, -0.05) is 33.6 Å². The molecule has 0 spiro atoms. The summed E-state index contributed by atoms with van der Waals surface area (Å²) < 4.78 is 6.42. The molecule has 0 saturated heterocycles. The van der Waals surface area contributed by atoms with Gasteiger partial charge in [0.15, 0.2) is 0 Å². The summed E-state index contributed by atoms with van der Waals surface area (Å²) in [6.45, 7) is 11.6. The molecule has 0 atom stereocenters. The maximum absolute atomic E-state index is 12.2. The first kappa shape index (κ1) is 20.3. The first-order valence-electron chi connectivity index (χ1n) is 7.74. The molecule has 0 saturated carbocycles. The smallest absolute Gasteiger partial charge is 0.410 e. The molecule has 0 aromatic heterocycles. The Morgan fingerprint density at radius 3 is 2.57 bits per heavy atom. The number of nitrogens with zero attached hydrogens (tertiary/aromatic N) is 1. The minimum absolute atomic E-state index is 0.0916. The second-order valence-corrected chi connectivity index (χ2v) is 7.97. The van der Waals surface area contributed by atoms with Crippen LogP contribution in [0.25, 0.3) is 0 Å². The van der Waals surface area contributed by atoms with E-state index in [1.54, 1.807) is 4.90 Å². The molecule has 130 valence electrons. The van der Waals surface area contributed by atoms with Crippen LogP contribution in [0.2, 0.25) is 5.02 Å². The quantitative estimate of drug-likeness (QED) is 0.689. The van der Waals surface area contributed by atoms with E-state index in [2.05, 4.69) is 21.2 Å². The highest BCUT2D eigenvalue weighted by Crippen LogP contribution is 2.21. The van der Waals surface area contributed by atoms with Crippen LogP contribution >= 0.6 is 27.5 Å². The molecule has 0 aliphatic carbocycles. The van der Waals surface area contributed by atoms with E-state index in [-0.39, 0.29) is 12.1 Å². The molecule has 6 heteroatoms. The van der Waals surface area contributed by atoms with Crippen molar-refractivity contribution in [3.63, 3.8) is 0 Å². The molecule has 0 aliphatic heterocycles. The van der Waals surface area contributed by atoms with E-state index in [0.717, 1.165) is 10.0 Å². The molecular weight excluding hydrogens is 380 g/mol. The number of hydrogen-bond acceptors (Lipinski definition) is 3. The van der Waals surface area contributed by atoms with E-state index in [0.29, 0.717) is 24.7 Å². The van der Waals surface area contributed by atoms with E-state index in [9.17, 15) is 4.79 Å². The lowest BCUT2D eigenvalue weighted by Crippen LogP contribution is -2.44. The number of rotatable bonds is 6. The Kier molecular flexibility index (Phi) is 7.84. The zero-order chi connectivity index (χ0) is 17.6. The van der Waals surface area contributed by atoms with Gasteiger partial charge in [0.1, 0.15) is 5.60 Å². The molecule has 23 heavy (non-hydrogen) atoms. The lowest BCUT2D eigenvalue weighted by Gasteiger charge is -2.30. The van der Waals surface area contributed by atoms with Crippen LogP contribution in [0.15, 0.2) is 22.7 Å². The number of halogens is 2. The number of carbonyl (C=O) groups is 1. The van der Waals surface area contributed by atoms with Crippen molar-refractivity contribution in [2.45, 2.75) is 52.8 Å². The van der Waals surface area contributed by atoms with Crippen LogP contribution in [0, 0.1) is 0 Å². The topological polar surface area (TPSA) is 41.6 Å². The predicted octanol–water partition coefficient (Wildman–Crippen LogP) is 4.84. The summed E-state index contributed by atoms with van der Waals surface area (Å²) in [5, 5.41) is 4.05. The second-order valence-electron chi connectivity index (χ2n) is 6.68. The zero-order valence-corrected chi connectivity index (χ0v) is 16.8. The Bertz CT molecular complexity index is 530. The molecule has 0 fully saturated rings. The molecule has 0 heterocycles. The fraction of sp³-hybridized carbons (Fsp3) is 0.588. The van der Waals surface area contributed by atoms with Gasteiger partial charge in [0.05, 0.1) is 0 Å². The van der Waals surface area contributed by atoms with Crippen LogP contribution in [0.1, 0.15) is 40.2 Å². The molecule has 4 nitrogen and oxygen atoms in total. The highest BCUT2D eigenvalue weighted by Gasteiger charge is 2.23. The van der Waals surface area contributed by atoms with Gasteiger partial charge in [0.2, 0.25) is 0 Å². The van der Waals surface area contributed by atoms with Crippen molar-refractivity contribution in [3.8, 4) is 0 Å².